The summed E-state index contributed by atoms with van der Waals surface area (Å²) in [6.45, 7) is 3.57. The Hall–Kier alpha value is -0.790. The third-order valence-corrected chi connectivity index (χ3v) is 3.37. The second-order valence-electron chi connectivity index (χ2n) is 3.38. The zero-order valence-corrected chi connectivity index (χ0v) is 12.4. The molecule has 0 saturated heterocycles. The molecule has 0 amide bonds. The van der Waals surface area contributed by atoms with Crippen LogP contribution in [-0.4, -0.2) is 26.8 Å². The molecule has 0 unspecified atom stereocenters. The van der Waals surface area contributed by atoms with Crippen LogP contribution in [-0.2, 0) is 6.54 Å². The molecule has 1 N–H and O–H groups in total. The van der Waals surface area contributed by atoms with Gasteiger partial charge in [-0.25, -0.2) is 0 Å². The summed E-state index contributed by atoms with van der Waals surface area (Å²) >= 11 is 6.94. The Labute approximate surface area is 116 Å². The number of tetrazole rings is 1. The van der Waals surface area contributed by atoms with Gasteiger partial charge in [0.05, 0.1) is 12.2 Å². The number of aromatic nitrogens is 4. The summed E-state index contributed by atoms with van der Waals surface area (Å²) in [7, 11) is 0. The van der Waals surface area contributed by atoms with Crippen LogP contribution >= 0.6 is 31.9 Å². The van der Waals surface area contributed by atoms with Gasteiger partial charge in [0.25, 0.3) is 0 Å². The Morgan fingerprint density at radius 1 is 1.35 bits per heavy atom. The summed E-state index contributed by atoms with van der Waals surface area (Å²) in [5.41, 5.74) is 0.914. The van der Waals surface area contributed by atoms with Gasteiger partial charge in [0.1, 0.15) is 0 Å². The van der Waals surface area contributed by atoms with Gasteiger partial charge in [0.2, 0.25) is 0 Å². The van der Waals surface area contributed by atoms with Crippen molar-refractivity contribution in [3.05, 3.63) is 33.0 Å². The average molecular weight is 361 g/mol. The van der Waals surface area contributed by atoms with Crippen molar-refractivity contribution in [2.75, 3.05) is 6.54 Å². The smallest absolute Gasteiger partial charge is 0.170 e. The first-order chi connectivity index (χ1) is 8.22. The Bertz CT molecular complexity index is 511. The number of hydrogen-bond acceptors (Lipinski definition) is 4. The largest absolute Gasteiger partial charge is 0.310 e. The summed E-state index contributed by atoms with van der Waals surface area (Å²) in [6, 6.07) is 5.88. The molecule has 0 aliphatic carbocycles. The van der Waals surface area contributed by atoms with Crippen molar-refractivity contribution in [1.29, 1.82) is 0 Å². The van der Waals surface area contributed by atoms with Gasteiger partial charge in [0, 0.05) is 8.95 Å². The number of nitrogens with one attached hydrogen (secondary N) is 1. The number of rotatable bonds is 4. The van der Waals surface area contributed by atoms with Crippen molar-refractivity contribution < 1.29 is 0 Å². The van der Waals surface area contributed by atoms with Crippen molar-refractivity contribution in [1.82, 2.24) is 25.5 Å². The number of hydrogen-bond donors (Lipinski definition) is 1. The zero-order chi connectivity index (χ0) is 12.3. The van der Waals surface area contributed by atoms with E-state index in [0.717, 1.165) is 27.0 Å². The van der Waals surface area contributed by atoms with Crippen molar-refractivity contribution in [3.8, 4) is 5.69 Å². The molecule has 0 saturated carbocycles. The minimum Gasteiger partial charge on any atom is -0.310 e. The van der Waals surface area contributed by atoms with Gasteiger partial charge in [-0.15, -0.1) is 5.10 Å². The lowest BCUT2D eigenvalue weighted by molar-refractivity contribution is 0.663. The minimum absolute atomic E-state index is 0.641. The summed E-state index contributed by atoms with van der Waals surface area (Å²) < 4.78 is 3.66. The van der Waals surface area contributed by atoms with E-state index in [-0.39, 0.29) is 0 Å². The molecule has 2 aromatic rings. The summed E-state index contributed by atoms with van der Waals surface area (Å²) in [4.78, 5) is 0. The van der Waals surface area contributed by atoms with Gasteiger partial charge in [-0.05, 0) is 51.1 Å². The molecule has 2 rings (SSSR count). The highest BCUT2D eigenvalue weighted by molar-refractivity contribution is 9.11. The van der Waals surface area contributed by atoms with Gasteiger partial charge < -0.3 is 5.32 Å². The van der Waals surface area contributed by atoms with Crippen LogP contribution in [0.5, 0.6) is 0 Å². The SMILES string of the molecule is CCNCc1nnnn1-c1cc(Br)ccc1Br. The van der Waals surface area contributed by atoms with Crippen LogP contribution in [0, 0.1) is 0 Å². The molecule has 90 valence electrons. The second kappa shape index (κ2) is 5.70. The van der Waals surface area contributed by atoms with E-state index in [4.69, 9.17) is 0 Å². The summed E-state index contributed by atoms with van der Waals surface area (Å²) in [5.74, 6) is 0.783. The van der Waals surface area contributed by atoms with E-state index in [2.05, 4.69) is 52.7 Å². The van der Waals surface area contributed by atoms with E-state index < -0.39 is 0 Å². The van der Waals surface area contributed by atoms with Crippen LogP contribution in [0.3, 0.4) is 0 Å². The molecule has 1 aromatic heterocycles. The van der Waals surface area contributed by atoms with Crippen LogP contribution in [0.4, 0.5) is 0 Å². The summed E-state index contributed by atoms with van der Waals surface area (Å²) in [5, 5.41) is 14.9. The Balaban J connectivity index is 2.38. The molecular formula is C10H11Br2N5. The predicted octanol–water partition coefficient (Wildman–Crippen LogP) is 2.30. The van der Waals surface area contributed by atoms with Crippen LogP contribution in [0.2, 0.25) is 0 Å². The van der Waals surface area contributed by atoms with E-state index in [1.54, 1.807) is 4.68 Å². The first-order valence-electron chi connectivity index (χ1n) is 5.15. The van der Waals surface area contributed by atoms with E-state index >= 15 is 0 Å². The topological polar surface area (TPSA) is 55.6 Å². The molecule has 0 aliphatic rings. The Morgan fingerprint density at radius 2 is 2.18 bits per heavy atom. The predicted molar refractivity (Wildman–Crippen MR) is 71.9 cm³/mol. The molecule has 0 spiro atoms. The number of nitrogens with zero attached hydrogens (tertiary/aromatic N) is 4. The fourth-order valence-electron chi connectivity index (χ4n) is 1.39. The van der Waals surface area contributed by atoms with Gasteiger partial charge in [-0.3, -0.25) is 0 Å². The average Bonchev–Trinajstić information content (AvgIpc) is 2.77. The molecule has 0 aliphatic heterocycles. The van der Waals surface area contributed by atoms with E-state index in [9.17, 15) is 0 Å². The van der Waals surface area contributed by atoms with E-state index in [1.807, 2.05) is 25.1 Å². The molecular weight excluding hydrogens is 350 g/mol. The van der Waals surface area contributed by atoms with E-state index in [0.29, 0.717) is 6.54 Å². The molecule has 5 nitrogen and oxygen atoms in total. The van der Waals surface area contributed by atoms with Gasteiger partial charge >= 0.3 is 0 Å². The van der Waals surface area contributed by atoms with Gasteiger partial charge in [-0.2, -0.15) is 4.68 Å². The monoisotopic (exact) mass is 359 g/mol. The number of halogens is 2. The van der Waals surface area contributed by atoms with Crippen molar-refractivity contribution in [2.24, 2.45) is 0 Å². The lowest BCUT2D eigenvalue weighted by atomic mass is 10.3. The minimum atomic E-state index is 0.641. The maximum Gasteiger partial charge on any atom is 0.170 e. The highest BCUT2D eigenvalue weighted by Crippen LogP contribution is 2.24. The molecule has 1 aromatic carbocycles. The highest BCUT2D eigenvalue weighted by Gasteiger charge is 2.10. The second-order valence-corrected chi connectivity index (χ2v) is 5.15. The molecule has 0 bridgehead atoms. The standard InChI is InChI=1S/C10H11Br2N5/c1-2-13-6-10-14-15-16-17(10)9-5-7(11)3-4-8(9)12/h3-5,13H,2,6H2,1H3. The fourth-order valence-corrected chi connectivity index (χ4v) is 2.15. The van der Waals surface area contributed by atoms with Gasteiger partial charge in [-0.1, -0.05) is 22.9 Å². The molecule has 0 radical (unpaired) electrons. The van der Waals surface area contributed by atoms with Gasteiger partial charge in [0.15, 0.2) is 5.82 Å². The fraction of sp³-hybridized carbons (Fsp3) is 0.300. The molecule has 1 heterocycles. The van der Waals surface area contributed by atoms with Crippen LogP contribution < -0.4 is 5.32 Å². The zero-order valence-electron chi connectivity index (χ0n) is 9.19. The molecule has 17 heavy (non-hydrogen) atoms. The Kier molecular flexibility index (Phi) is 4.25. The first kappa shape index (κ1) is 12.7. The van der Waals surface area contributed by atoms with Crippen LogP contribution in [0.1, 0.15) is 12.7 Å². The third-order valence-electron chi connectivity index (χ3n) is 2.20. The summed E-state index contributed by atoms with van der Waals surface area (Å²) in [6.07, 6.45) is 0. The van der Waals surface area contributed by atoms with Crippen LogP contribution in [0.15, 0.2) is 27.1 Å². The van der Waals surface area contributed by atoms with E-state index in [1.165, 1.54) is 0 Å². The maximum atomic E-state index is 4.01. The Morgan fingerprint density at radius 3 is 2.94 bits per heavy atom. The number of benzene rings is 1. The van der Waals surface area contributed by atoms with Crippen molar-refractivity contribution >= 4 is 31.9 Å². The molecule has 0 atom stereocenters. The van der Waals surface area contributed by atoms with Crippen molar-refractivity contribution in [3.63, 3.8) is 0 Å². The normalized spacial score (nSPS) is 10.8. The van der Waals surface area contributed by atoms with Crippen molar-refractivity contribution in [2.45, 2.75) is 13.5 Å². The first-order valence-corrected chi connectivity index (χ1v) is 6.74. The lowest BCUT2D eigenvalue weighted by Crippen LogP contribution is -2.16. The molecule has 7 heteroatoms. The van der Waals surface area contributed by atoms with Crippen LogP contribution in [0.25, 0.3) is 5.69 Å². The highest BCUT2D eigenvalue weighted by atomic mass is 79.9. The quantitative estimate of drug-likeness (QED) is 0.908. The lowest BCUT2D eigenvalue weighted by Gasteiger charge is -2.07. The third kappa shape index (κ3) is 2.91. The molecule has 0 fully saturated rings. The maximum absolute atomic E-state index is 4.01.